The van der Waals surface area contributed by atoms with Crippen LogP contribution in [0, 0.1) is 5.82 Å². The fourth-order valence-corrected chi connectivity index (χ4v) is 3.25. The molecule has 0 unspecified atom stereocenters. The summed E-state index contributed by atoms with van der Waals surface area (Å²) in [6, 6.07) is 13.0. The van der Waals surface area contributed by atoms with Crippen molar-refractivity contribution in [2.45, 2.75) is 4.90 Å². The van der Waals surface area contributed by atoms with Gasteiger partial charge in [0.1, 0.15) is 12.4 Å². The van der Waals surface area contributed by atoms with E-state index in [1.165, 1.54) is 19.0 Å². The van der Waals surface area contributed by atoms with Crippen LogP contribution in [-0.4, -0.2) is 51.8 Å². The number of benzene rings is 2. The molecule has 0 atom stereocenters. The van der Waals surface area contributed by atoms with Gasteiger partial charge in [0.15, 0.2) is 6.61 Å². The first-order chi connectivity index (χ1) is 12.7. The van der Waals surface area contributed by atoms with E-state index in [1.807, 2.05) is 0 Å². The third-order valence-electron chi connectivity index (χ3n) is 3.75. The lowest BCUT2D eigenvalue weighted by Crippen LogP contribution is -2.36. The molecule has 7 nitrogen and oxygen atoms in total. The molecule has 2 aromatic rings. The second kappa shape index (κ2) is 8.74. The van der Waals surface area contributed by atoms with Crippen LogP contribution in [0.2, 0.25) is 0 Å². The number of carbonyl (C=O) groups is 2. The number of sulfonamides is 1. The maximum atomic E-state index is 12.9. The van der Waals surface area contributed by atoms with Crippen LogP contribution in [0.4, 0.5) is 10.1 Å². The van der Waals surface area contributed by atoms with Crippen LogP contribution in [0.5, 0.6) is 0 Å². The van der Waals surface area contributed by atoms with Gasteiger partial charge in [0.25, 0.3) is 5.91 Å². The molecule has 0 fully saturated rings. The number of amides is 1. The van der Waals surface area contributed by atoms with E-state index in [4.69, 9.17) is 4.74 Å². The summed E-state index contributed by atoms with van der Waals surface area (Å²) in [5, 5.41) is 0. The molecule has 0 aromatic heterocycles. The van der Waals surface area contributed by atoms with Crippen molar-refractivity contribution in [2.75, 3.05) is 32.1 Å². The highest BCUT2D eigenvalue weighted by Gasteiger charge is 2.24. The van der Waals surface area contributed by atoms with Crippen molar-refractivity contribution >= 4 is 27.6 Å². The minimum atomic E-state index is -3.98. The monoisotopic (exact) mass is 394 g/mol. The van der Waals surface area contributed by atoms with Gasteiger partial charge in [-0.05, 0) is 36.4 Å². The number of anilines is 1. The van der Waals surface area contributed by atoms with Gasteiger partial charge in [0.2, 0.25) is 10.0 Å². The highest BCUT2D eigenvalue weighted by Crippen LogP contribution is 2.15. The molecule has 2 rings (SSSR count). The van der Waals surface area contributed by atoms with Gasteiger partial charge < -0.3 is 9.64 Å². The van der Waals surface area contributed by atoms with Crippen LogP contribution in [0.1, 0.15) is 0 Å². The number of ether oxygens (including phenoxy) is 1. The zero-order valence-corrected chi connectivity index (χ0v) is 15.6. The predicted molar refractivity (Wildman–Crippen MR) is 97.0 cm³/mol. The Labute approximate surface area is 157 Å². The number of hydrogen-bond donors (Lipinski definition) is 0. The maximum Gasteiger partial charge on any atom is 0.321 e. The van der Waals surface area contributed by atoms with Gasteiger partial charge in [-0.25, -0.2) is 12.8 Å². The average Bonchev–Trinajstić information content (AvgIpc) is 2.66. The summed E-state index contributed by atoms with van der Waals surface area (Å²) < 4.78 is 43.2. The molecular formula is C18H19FN2O5S. The SMILES string of the molecule is CN(C(=O)COC(=O)CN(C)S(=O)(=O)c1ccc(F)cc1)c1ccccc1. The lowest BCUT2D eigenvalue weighted by atomic mass is 10.3. The highest BCUT2D eigenvalue weighted by molar-refractivity contribution is 7.89. The molecule has 9 heteroatoms. The summed E-state index contributed by atoms with van der Waals surface area (Å²) in [4.78, 5) is 25.1. The molecular weight excluding hydrogens is 375 g/mol. The number of rotatable bonds is 7. The highest BCUT2D eigenvalue weighted by atomic mass is 32.2. The van der Waals surface area contributed by atoms with Crippen LogP contribution >= 0.6 is 0 Å². The fourth-order valence-electron chi connectivity index (χ4n) is 2.13. The molecule has 0 aliphatic heterocycles. The second-order valence-electron chi connectivity index (χ2n) is 5.66. The van der Waals surface area contributed by atoms with Gasteiger partial charge in [-0.15, -0.1) is 0 Å². The summed E-state index contributed by atoms with van der Waals surface area (Å²) in [6.07, 6.45) is 0. The quantitative estimate of drug-likeness (QED) is 0.667. The van der Waals surface area contributed by atoms with Gasteiger partial charge in [0.05, 0.1) is 4.90 Å². The van der Waals surface area contributed by atoms with E-state index < -0.39 is 40.9 Å². The predicted octanol–water partition coefficient (Wildman–Crippen LogP) is 1.65. The topological polar surface area (TPSA) is 84.0 Å². The fraction of sp³-hybridized carbons (Fsp3) is 0.222. The zero-order chi connectivity index (χ0) is 20.0. The van der Waals surface area contributed by atoms with Crippen LogP contribution < -0.4 is 4.90 Å². The van der Waals surface area contributed by atoms with Crippen molar-refractivity contribution in [1.29, 1.82) is 0 Å². The van der Waals surface area contributed by atoms with Gasteiger partial charge >= 0.3 is 5.97 Å². The van der Waals surface area contributed by atoms with Crippen LogP contribution in [0.25, 0.3) is 0 Å². The van der Waals surface area contributed by atoms with Crippen molar-refractivity contribution in [3.63, 3.8) is 0 Å². The van der Waals surface area contributed by atoms with E-state index in [0.29, 0.717) is 5.69 Å². The van der Waals surface area contributed by atoms with E-state index in [0.717, 1.165) is 28.6 Å². The number of esters is 1. The number of carbonyl (C=O) groups excluding carboxylic acids is 2. The minimum Gasteiger partial charge on any atom is -0.455 e. The molecule has 0 spiro atoms. The number of hydrogen-bond acceptors (Lipinski definition) is 5. The molecule has 0 aliphatic carbocycles. The number of nitrogens with zero attached hydrogens (tertiary/aromatic N) is 2. The Morgan fingerprint density at radius 3 is 2.19 bits per heavy atom. The van der Waals surface area contributed by atoms with Crippen LogP contribution in [-0.2, 0) is 24.3 Å². The third-order valence-corrected chi connectivity index (χ3v) is 5.57. The Kier molecular flexibility index (Phi) is 6.65. The summed E-state index contributed by atoms with van der Waals surface area (Å²) in [7, 11) is -1.25. The first-order valence-electron chi connectivity index (χ1n) is 7.91. The van der Waals surface area contributed by atoms with Crippen molar-refractivity contribution in [3.8, 4) is 0 Å². The molecule has 0 heterocycles. The number of halogens is 1. The molecule has 1 amide bonds. The summed E-state index contributed by atoms with van der Waals surface area (Å²) >= 11 is 0. The maximum absolute atomic E-state index is 12.9. The lowest BCUT2D eigenvalue weighted by molar-refractivity contribution is -0.147. The molecule has 144 valence electrons. The van der Waals surface area contributed by atoms with E-state index in [9.17, 15) is 22.4 Å². The smallest absolute Gasteiger partial charge is 0.321 e. The van der Waals surface area contributed by atoms with E-state index in [2.05, 4.69) is 0 Å². The molecule has 0 radical (unpaired) electrons. The van der Waals surface area contributed by atoms with Crippen molar-refractivity contribution in [3.05, 3.63) is 60.4 Å². The van der Waals surface area contributed by atoms with E-state index in [-0.39, 0.29) is 4.90 Å². The second-order valence-corrected chi connectivity index (χ2v) is 7.71. The van der Waals surface area contributed by atoms with Crippen LogP contribution in [0.3, 0.4) is 0 Å². The molecule has 0 bridgehead atoms. The molecule has 0 N–H and O–H groups in total. The van der Waals surface area contributed by atoms with Crippen LogP contribution in [0.15, 0.2) is 59.5 Å². The Hall–Kier alpha value is -2.78. The molecule has 2 aromatic carbocycles. The Balaban J connectivity index is 1.91. The van der Waals surface area contributed by atoms with Gasteiger partial charge in [-0.3, -0.25) is 9.59 Å². The largest absolute Gasteiger partial charge is 0.455 e. The van der Waals surface area contributed by atoms with Crippen molar-refractivity contribution < 1.29 is 27.1 Å². The first-order valence-corrected chi connectivity index (χ1v) is 9.35. The van der Waals surface area contributed by atoms with Gasteiger partial charge in [-0.2, -0.15) is 4.31 Å². The Morgan fingerprint density at radius 1 is 1.00 bits per heavy atom. The van der Waals surface area contributed by atoms with E-state index >= 15 is 0 Å². The van der Waals surface area contributed by atoms with Crippen molar-refractivity contribution in [1.82, 2.24) is 4.31 Å². The number of para-hydroxylation sites is 1. The molecule has 0 saturated carbocycles. The Bertz CT molecular complexity index is 901. The lowest BCUT2D eigenvalue weighted by Gasteiger charge is -2.18. The standard InChI is InChI=1S/C18H19FN2O5S/c1-20(27(24,25)16-10-8-14(19)9-11-16)12-18(23)26-13-17(22)21(2)15-6-4-3-5-7-15/h3-11H,12-13H2,1-2H3. The van der Waals surface area contributed by atoms with Gasteiger partial charge in [0, 0.05) is 19.8 Å². The third kappa shape index (κ3) is 5.35. The summed E-state index contributed by atoms with van der Waals surface area (Å²) in [5.74, 6) is -1.91. The average molecular weight is 394 g/mol. The molecule has 0 aliphatic rings. The van der Waals surface area contributed by atoms with Crippen molar-refractivity contribution in [2.24, 2.45) is 0 Å². The summed E-state index contributed by atoms with van der Waals surface area (Å²) in [5.41, 5.74) is 0.634. The van der Waals surface area contributed by atoms with E-state index in [1.54, 1.807) is 30.3 Å². The number of likely N-dealkylation sites (N-methyl/N-ethyl adjacent to an activating group) is 2. The van der Waals surface area contributed by atoms with Gasteiger partial charge in [-0.1, -0.05) is 18.2 Å². The normalized spacial score (nSPS) is 11.3. The molecule has 0 saturated heterocycles. The zero-order valence-electron chi connectivity index (χ0n) is 14.8. The Morgan fingerprint density at radius 2 is 1.59 bits per heavy atom. The summed E-state index contributed by atoms with van der Waals surface area (Å²) in [6.45, 7) is -1.10. The minimum absolute atomic E-state index is 0.154. The first kappa shape index (κ1) is 20.5. The molecule has 27 heavy (non-hydrogen) atoms.